The molecule has 0 atom stereocenters. The highest BCUT2D eigenvalue weighted by molar-refractivity contribution is 6.30. The molecule has 0 aliphatic carbocycles. The number of ether oxygens (including phenoxy) is 2. The SMILES string of the molecule is COC(=O)C(C)(C)COc1ccc(Cl)cc1[N+](=O)[O-]. The van der Waals surface area contributed by atoms with E-state index in [2.05, 4.69) is 4.74 Å². The molecule has 7 heteroatoms. The molecule has 0 saturated heterocycles. The minimum Gasteiger partial charge on any atom is -0.486 e. The number of rotatable bonds is 5. The Kier molecular flexibility index (Phi) is 4.72. The Morgan fingerprint density at radius 2 is 2.11 bits per heavy atom. The molecule has 1 rings (SSSR count). The molecular weight excluding hydrogens is 274 g/mol. The van der Waals surface area contributed by atoms with E-state index in [-0.39, 0.29) is 23.1 Å². The van der Waals surface area contributed by atoms with Crippen molar-refractivity contribution >= 4 is 23.3 Å². The van der Waals surface area contributed by atoms with Crippen LogP contribution in [0.15, 0.2) is 18.2 Å². The monoisotopic (exact) mass is 287 g/mol. The largest absolute Gasteiger partial charge is 0.486 e. The smallest absolute Gasteiger partial charge is 0.314 e. The number of methoxy groups -OCH3 is 1. The van der Waals surface area contributed by atoms with Gasteiger partial charge in [0.25, 0.3) is 0 Å². The Bertz CT molecular complexity index is 501. The van der Waals surface area contributed by atoms with Crippen LogP contribution in [-0.2, 0) is 9.53 Å². The van der Waals surface area contributed by atoms with Gasteiger partial charge in [-0.3, -0.25) is 14.9 Å². The van der Waals surface area contributed by atoms with E-state index in [0.717, 1.165) is 0 Å². The minimum absolute atomic E-state index is 0.0395. The van der Waals surface area contributed by atoms with E-state index in [1.165, 1.54) is 25.3 Å². The highest BCUT2D eigenvalue weighted by Gasteiger charge is 2.30. The normalized spacial score (nSPS) is 10.9. The highest BCUT2D eigenvalue weighted by atomic mass is 35.5. The fraction of sp³-hybridized carbons (Fsp3) is 0.417. The maximum absolute atomic E-state index is 11.5. The van der Waals surface area contributed by atoms with Crippen LogP contribution in [-0.4, -0.2) is 24.6 Å². The summed E-state index contributed by atoms with van der Waals surface area (Å²) >= 11 is 5.69. The molecular formula is C12H14ClNO5. The second kappa shape index (κ2) is 5.88. The molecule has 0 aliphatic rings. The number of hydrogen-bond donors (Lipinski definition) is 0. The van der Waals surface area contributed by atoms with Crippen molar-refractivity contribution in [1.29, 1.82) is 0 Å². The van der Waals surface area contributed by atoms with E-state index in [0.29, 0.717) is 0 Å². The molecule has 0 radical (unpaired) electrons. The molecule has 104 valence electrons. The molecule has 1 aromatic carbocycles. The van der Waals surface area contributed by atoms with Crippen LogP contribution in [0.1, 0.15) is 13.8 Å². The molecule has 1 aromatic rings. The van der Waals surface area contributed by atoms with Crippen molar-refractivity contribution < 1.29 is 19.2 Å². The lowest BCUT2D eigenvalue weighted by Crippen LogP contribution is -2.32. The zero-order valence-electron chi connectivity index (χ0n) is 10.8. The van der Waals surface area contributed by atoms with Gasteiger partial charge in [-0.2, -0.15) is 0 Å². The van der Waals surface area contributed by atoms with Gasteiger partial charge < -0.3 is 9.47 Å². The first-order valence-electron chi connectivity index (χ1n) is 5.43. The van der Waals surface area contributed by atoms with E-state index >= 15 is 0 Å². The van der Waals surface area contributed by atoms with Gasteiger partial charge in [-0.05, 0) is 26.0 Å². The maximum Gasteiger partial charge on any atom is 0.314 e. The van der Waals surface area contributed by atoms with Gasteiger partial charge in [0.05, 0.1) is 17.4 Å². The second-order valence-electron chi connectivity index (χ2n) is 4.53. The topological polar surface area (TPSA) is 78.7 Å². The standard InChI is InChI=1S/C12H14ClNO5/c1-12(2,11(15)18-3)7-19-10-5-4-8(13)6-9(10)14(16)17/h4-6H,7H2,1-3H3. The zero-order valence-corrected chi connectivity index (χ0v) is 11.6. The minimum atomic E-state index is -0.901. The van der Waals surface area contributed by atoms with Crippen LogP contribution in [0.3, 0.4) is 0 Å². The third kappa shape index (κ3) is 3.82. The van der Waals surface area contributed by atoms with Crippen molar-refractivity contribution in [1.82, 2.24) is 0 Å². The van der Waals surface area contributed by atoms with Crippen LogP contribution >= 0.6 is 11.6 Å². The first kappa shape index (κ1) is 15.2. The van der Waals surface area contributed by atoms with Crippen molar-refractivity contribution in [2.75, 3.05) is 13.7 Å². The Labute approximate surface area is 115 Å². The summed E-state index contributed by atoms with van der Waals surface area (Å²) in [5.41, 5.74) is -1.14. The maximum atomic E-state index is 11.5. The van der Waals surface area contributed by atoms with Gasteiger partial charge in [0, 0.05) is 11.1 Å². The lowest BCUT2D eigenvalue weighted by atomic mass is 9.95. The van der Waals surface area contributed by atoms with Crippen LogP contribution in [0.25, 0.3) is 0 Å². The summed E-state index contributed by atoms with van der Waals surface area (Å²) in [4.78, 5) is 21.7. The summed E-state index contributed by atoms with van der Waals surface area (Å²) in [6, 6.07) is 4.07. The number of nitro groups is 1. The van der Waals surface area contributed by atoms with Gasteiger partial charge in [-0.1, -0.05) is 11.6 Å². The number of hydrogen-bond acceptors (Lipinski definition) is 5. The molecule has 0 fully saturated rings. The summed E-state index contributed by atoms with van der Waals surface area (Å²) in [6.45, 7) is 3.21. The number of esters is 1. The third-order valence-electron chi connectivity index (χ3n) is 2.44. The molecule has 0 saturated carbocycles. The number of nitro benzene ring substituents is 1. The summed E-state index contributed by atoms with van der Waals surface area (Å²) < 4.78 is 9.97. The van der Waals surface area contributed by atoms with Gasteiger partial charge in [-0.15, -0.1) is 0 Å². The molecule has 19 heavy (non-hydrogen) atoms. The fourth-order valence-electron chi connectivity index (χ4n) is 1.35. The predicted molar refractivity (Wildman–Crippen MR) is 69.4 cm³/mol. The number of carbonyl (C=O) groups is 1. The molecule has 0 amide bonds. The van der Waals surface area contributed by atoms with Crippen LogP contribution in [0, 0.1) is 15.5 Å². The fourth-order valence-corrected chi connectivity index (χ4v) is 1.51. The van der Waals surface area contributed by atoms with Gasteiger partial charge >= 0.3 is 11.7 Å². The highest BCUT2D eigenvalue weighted by Crippen LogP contribution is 2.31. The Morgan fingerprint density at radius 3 is 2.63 bits per heavy atom. The van der Waals surface area contributed by atoms with Crippen LogP contribution in [0.4, 0.5) is 5.69 Å². The van der Waals surface area contributed by atoms with Gasteiger partial charge in [0.2, 0.25) is 0 Å². The molecule has 0 aromatic heterocycles. The lowest BCUT2D eigenvalue weighted by Gasteiger charge is -2.21. The average molecular weight is 288 g/mol. The van der Waals surface area contributed by atoms with Crippen molar-refractivity contribution in [3.05, 3.63) is 33.3 Å². The van der Waals surface area contributed by atoms with Crippen molar-refractivity contribution in [3.63, 3.8) is 0 Å². The van der Waals surface area contributed by atoms with E-state index in [4.69, 9.17) is 16.3 Å². The van der Waals surface area contributed by atoms with E-state index in [1.807, 2.05) is 0 Å². The number of halogens is 1. The predicted octanol–water partition coefficient (Wildman–Crippen LogP) is 2.83. The van der Waals surface area contributed by atoms with Crippen LogP contribution in [0.5, 0.6) is 5.75 Å². The summed E-state index contributed by atoms with van der Waals surface area (Å²) in [7, 11) is 1.27. The summed E-state index contributed by atoms with van der Waals surface area (Å²) in [5.74, 6) is -0.393. The molecule has 0 aliphatic heterocycles. The summed E-state index contributed by atoms with van der Waals surface area (Å²) in [6.07, 6.45) is 0. The van der Waals surface area contributed by atoms with E-state index in [9.17, 15) is 14.9 Å². The Hall–Kier alpha value is -1.82. The number of nitrogens with zero attached hydrogens (tertiary/aromatic N) is 1. The van der Waals surface area contributed by atoms with Crippen LogP contribution in [0.2, 0.25) is 5.02 Å². The molecule has 6 nitrogen and oxygen atoms in total. The number of benzene rings is 1. The Morgan fingerprint density at radius 1 is 1.47 bits per heavy atom. The van der Waals surface area contributed by atoms with Crippen molar-refractivity contribution in [2.45, 2.75) is 13.8 Å². The molecule has 0 bridgehead atoms. The third-order valence-corrected chi connectivity index (χ3v) is 2.68. The summed E-state index contributed by atoms with van der Waals surface area (Å²) in [5, 5.41) is 11.1. The van der Waals surface area contributed by atoms with Gasteiger partial charge in [0.1, 0.15) is 6.61 Å². The van der Waals surface area contributed by atoms with E-state index in [1.54, 1.807) is 13.8 Å². The average Bonchev–Trinajstić information content (AvgIpc) is 2.36. The van der Waals surface area contributed by atoms with Gasteiger partial charge in [0.15, 0.2) is 5.75 Å². The van der Waals surface area contributed by atoms with Gasteiger partial charge in [-0.25, -0.2) is 0 Å². The molecule has 0 heterocycles. The molecule has 0 spiro atoms. The lowest BCUT2D eigenvalue weighted by molar-refractivity contribution is -0.385. The zero-order chi connectivity index (χ0) is 14.6. The first-order chi connectivity index (χ1) is 8.77. The number of carbonyl (C=O) groups excluding carboxylic acids is 1. The van der Waals surface area contributed by atoms with E-state index < -0.39 is 16.3 Å². The van der Waals surface area contributed by atoms with Crippen LogP contribution < -0.4 is 4.74 Å². The second-order valence-corrected chi connectivity index (χ2v) is 4.97. The van der Waals surface area contributed by atoms with Crippen molar-refractivity contribution in [3.8, 4) is 5.75 Å². The Balaban J connectivity index is 2.89. The van der Waals surface area contributed by atoms with Crippen molar-refractivity contribution in [2.24, 2.45) is 5.41 Å². The first-order valence-corrected chi connectivity index (χ1v) is 5.81. The quantitative estimate of drug-likeness (QED) is 0.473. The molecule has 0 unspecified atom stereocenters. The molecule has 0 N–H and O–H groups in total.